The highest BCUT2D eigenvalue weighted by atomic mass is 19.4. The molecule has 1 fully saturated rings. The molecule has 1 aromatic rings. The predicted octanol–water partition coefficient (Wildman–Crippen LogP) is 2.42. The van der Waals surface area contributed by atoms with Crippen molar-refractivity contribution < 1.29 is 27.5 Å². The van der Waals surface area contributed by atoms with Gasteiger partial charge < -0.3 is 15.4 Å². The number of carbonyl (C=O) groups excluding carboxylic acids is 2. The Hall–Kier alpha value is -2.45. The van der Waals surface area contributed by atoms with E-state index in [9.17, 15) is 22.8 Å². The van der Waals surface area contributed by atoms with Crippen molar-refractivity contribution in [2.45, 2.75) is 38.0 Å². The van der Waals surface area contributed by atoms with Gasteiger partial charge in [-0.3, -0.25) is 10.1 Å². The Morgan fingerprint density at radius 3 is 2.42 bits per heavy atom. The summed E-state index contributed by atoms with van der Waals surface area (Å²) in [5.41, 5.74) is 0.514. The number of benzene rings is 1. The van der Waals surface area contributed by atoms with Crippen molar-refractivity contribution in [1.29, 1.82) is 0 Å². The molecule has 0 aliphatic heterocycles. The maximum Gasteiger partial charge on any atom is 0.422 e. The molecule has 0 aromatic heterocycles. The summed E-state index contributed by atoms with van der Waals surface area (Å²) in [6.45, 7) is 0.197. The van der Waals surface area contributed by atoms with Gasteiger partial charge in [-0.2, -0.15) is 13.2 Å². The van der Waals surface area contributed by atoms with Gasteiger partial charge in [0.25, 0.3) is 0 Å². The normalized spacial score (nSPS) is 15.3. The summed E-state index contributed by atoms with van der Waals surface area (Å²) in [6, 6.07) is 4.60. The number of amides is 3. The number of urea groups is 1. The quantitative estimate of drug-likeness (QED) is 0.740. The lowest BCUT2D eigenvalue weighted by Gasteiger charge is -2.15. The minimum Gasteiger partial charge on any atom is -0.484 e. The van der Waals surface area contributed by atoms with Crippen LogP contribution in [0.5, 0.6) is 5.75 Å². The first kappa shape index (κ1) is 17.9. The number of imide groups is 1. The van der Waals surface area contributed by atoms with Crippen LogP contribution < -0.4 is 20.7 Å². The topological polar surface area (TPSA) is 79.5 Å². The lowest BCUT2D eigenvalue weighted by molar-refractivity contribution is -0.153. The second-order valence-electron chi connectivity index (χ2n) is 5.53. The molecule has 3 N–H and O–H groups in total. The number of rotatable bonds is 6. The van der Waals surface area contributed by atoms with Gasteiger partial charge in [0.1, 0.15) is 11.8 Å². The fourth-order valence-corrected chi connectivity index (χ4v) is 1.80. The third-order valence-electron chi connectivity index (χ3n) is 3.18. The molecule has 2 rings (SSSR count). The average Bonchev–Trinajstić information content (AvgIpc) is 3.29. The second-order valence-corrected chi connectivity index (χ2v) is 5.53. The number of anilines is 1. The molecule has 1 aliphatic rings. The first-order valence-corrected chi connectivity index (χ1v) is 7.40. The summed E-state index contributed by atoms with van der Waals surface area (Å²) in [4.78, 5) is 23.3. The monoisotopic (exact) mass is 345 g/mol. The Labute approximate surface area is 136 Å². The van der Waals surface area contributed by atoms with E-state index in [1.165, 1.54) is 24.3 Å². The van der Waals surface area contributed by atoms with Crippen LogP contribution in [0.1, 0.15) is 19.8 Å². The molecule has 0 heterocycles. The summed E-state index contributed by atoms with van der Waals surface area (Å²) < 4.78 is 40.8. The van der Waals surface area contributed by atoms with Gasteiger partial charge in [0.15, 0.2) is 6.61 Å². The first-order valence-electron chi connectivity index (χ1n) is 7.40. The number of ether oxygens (including phenoxy) is 1. The average molecular weight is 345 g/mol. The zero-order valence-corrected chi connectivity index (χ0v) is 12.9. The molecule has 6 nitrogen and oxygen atoms in total. The predicted molar refractivity (Wildman–Crippen MR) is 80.8 cm³/mol. The van der Waals surface area contributed by atoms with Crippen LogP contribution in [0.25, 0.3) is 0 Å². The zero-order chi connectivity index (χ0) is 17.7. The Kier molecular flexibility index (Phi) is 5.53. The highest BCUT2D eigenvalue weighted by Gasteiger charge is 2.28. The van der Waals surface area contributed by atoms with Gasteiger partial charge in [-0.1, -0.05) is 0 Å². The molecule has 3 amide bonds. The third kappa shape index (κ3) is 6.35. The van der Waals surface area contributed by atoms with Gasteiger partial charge in [0, 0.05) is 11.7 Å². The molecule has 0 radical (unpaired) electrons. The van der Waals surface area contributed by atoms with Gasteiger partial charge in [0.05, 0.1) is 0 Å². The van der Waals surface area contributed by atoms with E-state index in [2.05, 4.69) is 20.7 Å². The number of hydrogen-bond acceptors (Lipinski definition) is 4. The van der Waals surface area contributed by atoms with E-state index in [4.69, 9.17) is 0 Å². The van der Waals surface area contributed by atoms with Crippen molar-refractivity contribution in [3.8, 4) is 5.75 Å². The minimum absolute atomic E-state index is 0.0683. The minimum atomic E-state index is -4.40. The largest absolute Gasteiger partial charge is 0.484 e. The number of nitrogens with one attached hydrogen (secondary N) is 3. The molecule has 1 aliphatic carbocycles. The van der Waals surface area contributed by atoms with Crippen LogP contribution in [0.2, 0.25) is 0 Å². The molecule has 1 aromatic carbocycles. The van der Waals surface area contributed by atoms with Gasteiger partial charge in [-0.25, -0.2) is 4.79 Å². The van der Waals surface area contributed by atoms with Crippen LogP contribution in [0.4, 0.5) is 23.7 Å². The number of carbonyl (C=O) groups is 2. The van der Waals surface area contributed by atoms with Crippen molar-refractivity contribution in [2.24, 2.45) is 0 Å². The van der Waals surface area contributed by atoms with Crippen molar-refractivity contribution in [3.63, 3.8) is 0 Å². The summed E-state index contributed by atoms with van der Waals surface area (Å²) in [7, 11) is 0. The maximum absolute atomic E-state index is 12.1. The SMILES string of the molecule is CC(Nc1ccc(OCC(F)(F)F)cc1)C(=O)NC(=O)NC1CC1. The van der Waals surface area contributed by atoms with Crippen LogP contribution in [0.3, 0.4) is 0 Å². The van der Waals surface area contributed by atoms with Gasteiger partial charge >= 0.3 is 12.2 Å². The van der Waals surface area contributed by atoms with E-state index in [1.807, 2.05) is 0 Å². The van der Waals surface area contributed by atoms with Crippen LogP contribution in [0.15, 0.2) is 24.3 Å². The van der Waals surface area contributed by atoms with Crippen molar-refractivity contribution in [1.82, 2.24) is 10.6 Å². The molecule has 0 saturated heterocycles. The lowest BCUT2D eigenvalue weighted by Crippen LogP contribution is -2.46. The molecule has 9 heteroatoms. The molecular formula is C15H18F3N3O3. The number of hydrogen-bond donors (Lipinski definition) is 3. The highest BCUT2D eigenvalue weighted by Crippen LogP contribution is 2.20. The van der Waals surface area contributed by atoms with Crippen molar-refractivity contribution in [3.05, 3.63) is 24.3 Å². The van der Waals surface area contributed by atoms with E-state index < -0.39 is 30.8 Å². The van der Waals surface area contributed by atoms with E-state index in [1.54, 1.807) is 6.92 Å². The van der Waals surface area contributed by atoms with E-state index in [0.29, 0.717) is 5.69 Å². The highest BCUT2D eigenvalue weighted by molar-refractivity contribution is 5.98. The van der Waals surface area contributed by atoms with Gasteiger partial charge in [-0.05, 0) is 44.0 Å². The fraction of sp³-hybridized carbons (Fsp3) is 0.467. The number of alkyl halides is 3. The lowest BCUT2D eigenvalue weighted by atomic mass is 10.2. The van der Waals surface area contributed by atoms with E-state index in [0.717, 1.165) is 12.8 Å². The fourth-order valence-electron chi connectivity index (χ4n) is 1.80. The summed E-state index contributed by atoms with van der Waals surface area (Å²) in [6.07, 6.45) is -2.57. The Bertz CT molecular complexity index is 586. The molecular weight excluding hydrogens is 327 g/mol. The standard InChI is InChI=1S/C15H18F3N3O3/c1-9(13(22)21-14(23)20-11-2-3-11)19-10-4-6-12(7-5-10)24-8-15(16,17)18/h4-7,9,11,19H,2-3,8H2,1H3,(H2,20,21,22,23). The smallest absolute Gasteiger partial charge is 0.422 e. The number of halogens is 3. The molecule has 0 bridgehead atoms. The summed E-state index contributed by atoms with van der Waals surface area (Å²) in [5.74, 6) is -0.440. The summed E-state index contributed by atoms with van der Waals surface area (Å²) >= 11 is 0. The van der Waals surface area contributed by atoms with Crippen LogP contribution >= 0.6 is 0 Å². The maximum atomic E-state index is 12.1. The van der Waals surface area contributed by atoms with E-state index in [-0.39, 0.29) is 11.8 Å². The van der Waals surface area contributed by atoms with Crippen molar-refractivity contribution >= 4 is 17.6 Å². The Morgan fingerprint density at radius 2 is 1.88 bits per heavy atom. The van der Waals surface area contributed by atoms with E-state index >= 15 is 0 Å². The zero-order valence-electron chi connectivity index (χ0n) is 12.9. The first-order chi connectivity index (χ1) is 11.2. The Balaban J connectivity index is 1.78. The second kappa shape index (κ2) is 7.41. The molecule has 24 heavy (non-hydrogen) atoms. The van der Waals surface area contributed by atoms with Crippen LogP contribution in [-0.2, 0) is 4.79 Å². The molecule has 0 spiro atoms. The van der Waals surface area contributed by atoms with Crippen LogP contribution in [-0.4, -0.2) is 36.8 Å². The van der Waals surface area contributed by atoms with Gasteiger partial charge in [0.2, 0.25) is 5.91 Å². The summed E-state index contributed by atoms with van der Waals surface area (Å²) in [5, 5.41) is 7.69. The molecule has 1 atom stereocenters. The van der Waals surface area contributed by atoms with Crippen LogP contribution in [0, 0.1) is 0 Å². The molecule has 1 saturated carbocycles. The molecule has 132 valence electrons. The third-order valence-corrected chi connectivity index (χ3v) is 3.18. The van der Waals surface area contributed by atoms with Crippen molar-refractivity contribution in [2.75, 3.05) is 11.9 Å². The molecule has 1 unspecified atom stereocenters. The Morgan fingerprint density at radius 1 is 1.25 bits per heavy atom. The van der Waals surface area contributed by atoms with Gasteiger partial charge in [-0.15, -0.1) is 0 Å².